The van der Waals surface area contributed by atoms with Gasteiger partial charge in [-0.3, -0.25) is 0 Å². The first-order valence-corrected chi connectivity index (χ1v) is 10.4. The summed E-state index contributed by atoms with van der Waals surface area (Å²) in [6.07, 6.45) is 0.0873. The molecule has 0 saturated carbocycles. The second kappa shape index (κ2) is 6.93. The summed E-state index contributed by atoms with van der Waals surface area (Å²) in [5, 5.41) is 2.32. The summed E-state index contributed by atoms with van der Waals surface area (Å²) in [7, 11) is 0. The average molecular weight is 386 g/mol. The van der Waals surface area contributed by atoms with Gasteiger partial charge >= 0.3 is 0 Å². The maximum atomic E-state index is 6.63. The second-order valence-corrected chi connectivity index (χ2v) is 8.49. The van der Waals surface area contributed by atoms with Gasteiger partial charge in [0.05, 0.1) is 12.1 Å². The summed E-state index contributed by atoms with van der Waals surface area (Å²) in [4.78, 5) is 2.45. The van der Waals surface area contributed by atoms with E-state index in [1.165, 1.54) is 16.8 Å². The Bertz CT molecular complexity index is 1160. The fourth-order valence-corrected chi connectivity index (χ4v) is 4.76. The molecule has 0 radical (unpaired) electrons. The summed E-state index contributed by atoms with van der Waals surface area (Å²) in [6, 6.07) is 23.5. The Kier molecular flexibility index (Phi) is 4.36. The Morgan fingerprint density at radius 1 is 0.862 bits per heavy atom. The summed E-state index contributed by atoms with van der Waals surface area (Å²) in [5.41, 5.74) is 5.49. The monoisotopic (exact) mass is 385 g/mol. The number of furan rings is 1. The predicted octanol–water partition coefficient (Wildman–Crippen LogP) is 6.84. The third-order valence-electron chi connectivity index (χ3n) is 6.17. The Morgan fingerprint density at radius 2 is 1.59 bits per heavy atom. The van der Waals surface area contributed by atoms with Gasteiger partial charge in [0.15, 0.2) is 6.23 Å². The standard InChI is InChI=1S/C26H27NO2/c1-16(2)25-18(4)27(26(29-25)19-10-6-5-7-11-19)22-15-21-20-12-8-9-13-23(20)28-24(21)14-17(22)3/h5-16,18,25-26H,1-4H3/t18-,25?,26?/m0/s1. The molecule has 0 aliphatic carbocycles. The van der Waals surface area contributed by atoms with E-state index in [0.717, 1.165) is 21.9 Å². The lowest BCUT2D eigenvalue weighted by Crippen LogP contribution is -2.36. The van der Waals surface area contributed by atoms with Gasteiger partial charge < -0.3 is 14.1 Å². The van der Waals surface area contributed by atoms with Gasteiger partial charge in [0.25, 0.3) is 0 Å². The number of hydrogen-bond acceptors (Lipinski definition) is 3. The van der Waals surface area contributed by atoms with Gasteiger partial charge in [-0.1, -0.05) is 62.4 Å². The highest BCUT2D eigenvalue weighted by Crippen LogP contribution is 2.44. The molecule has 1 aliphatic rings. The van der Waals surface area contributed by atoms with Crippen LogP contribution in [0.25, 0.3) is 21.9 Å². The lowest BCUT2D eigenvalue weighted by atomic mass is 9.99. The zero-order chi connectivity index (χ0) is 20.1. The molecule has 1 fully saturated rings. The molecule has 148 valence electrons. The quantitative estimate of drug-likeness (QED) is 0.386. The number of benzene rings is 3. The minimum Gasteiger partial charge on any atom is -0.456 e. The SMILES string of the molecule is Cc1cc2oc3ccccc3c2cc1N1C(c2ccccc2)OC(C(C)C)[C@@H]1C. The van der Waals surface area contributed by atoms with E-state index in [-0.39, 0.29) is 18.4 Å². The number of anilines is 1. The zero-order valence-electron chi connectivity index (χ0n) is 17.4. The average Bonchev–Trinajstić information content (AvgIpc) is 3.25. The molecule has 0 amide bonds. The largest absolute Gasteiger partial charge is 0.456 e. The molecule has 3 heteroatoms. The Balaban J connectivity index is 1.69. The summed E-state index contributed by atoms with van der Waals surface area (Å²) in [6.45, 7) is 8.93. The third-order valence-corrected chi connectivity index (χ3v) is 6.17. The van der Waals surface area contributed by atoms with Crippen LogP contribution in [0.3, 0.4) is 0 Å². The number of fused-ring (bicyclic) bond motifs is 3. The van der Waals surface area contributed by atoms with E-state index in [1.807, 2.05) is 12.1 Å². The summed E-state index contributed by atoms with van der Waals surface area (Å²) < 4.78 is 12.7. The Labute approximate surface area is 171 Å². The first-order chi connectivity index (χ1) is 14.0. The van der Waals surface area contributed by atoms with Crippen molar-refractivity contribution in [3.63, 3.8) is 0 Å². The molecular weight excluding hydrogens is 358 g/mol. The molecule has 0 N–H and O–H groups in total. The number of ether oxygens (including phenoxy) is 1. The lowest BCUT2D eigenvalue weighted by Gasteiger charge is -2.31. The van der Waals surface area contributed by atoms with Gasteiger partial charge in [0.2, 0.25) is 0 Å². The van der Waals surface area contributed by atoms with E-state index in [2.05, 4.69) is 87.2 Å². The van der Waals surface area contributed by atoms with Crippen LogP contribution in [0.2, 0.25) is 0 Å². The number of aryl methyl sites for hydroxylation is 1. The van der Waals surface area contributed by atoms with Crippen LogP contribution >= 0.6 is 0 Å². The van der Waals surface area contributed by atoms with Crippen molar-refractivity contribution in [1.29, 1.82) is 0 Å². The van der Waals surface area contributed by atoms with Crippen molar-refractivity contribution in [2.75, 3.05) is 4.90 Å². The van der Waals surface area contributed by atoms with Crippen molar-refractivity contribution >= 4 is 27.6 Å². The minimum absolute atomic E-state index is 0.0899. The van der Waals surface area contributed by atoms with Crippen molar-refractivity contribution in [3.05, 3.63) is 77.9 Å². The Hall–Kier alpha value is -2.78. The van der Waals surface area contributed by atoms with Gasteiger partial charge in [-0.15, -0.1) is 0 Å². The molecule has 2 heterocycles. The molecule has 1 saturated heterocycles. The zero-order valence-corrected chi connectivity index (χ0v) is 17.4. The number of rotatable bonds is 3. The van der Waals surface area contributed by atoms with Crippen LogP contribution in [0.15, 0.2) is 71.1 Å². The number of nitrogens with zero attached hydrogens (tertiary/aromatic N) is 1. The fourth-order valence-electron chi connectivity index (χ4n) is 4.76. The van der Waals surface area contributed by atoms with E-state index in [1.54, 1.807) is 0 Å². The highest BCUT2D eigenvalue weighted by Gasteiger charge is 2.42. The van der Waals surface area contributed by atoms with Gasteiger partial charge in [0, 0.05) is 22.0 Å². The topological polar surface area (TPSA) is 25.6 Å². The second-order valence-electron chi connectivity index (χ2n) is 8.49. The fraction of sp³-hybridized carbons (Fsp3) is 0.308. The molecule has 2 unspecified atom stereocenters. The molecule has 3 atom stereocenters. The van der Waals surface area contributed by atoms with Crippen LogP contribution in [0.1, 0.15) is 38.1 Å². The van der Waals surface area contributed by atoms with Gasteiger partial charge in [0.1, 0.15) is 11.2 Å². The van der Waals surface area contributed by atoms with E-state index in [0.29, 0.717) is 5.92 Å². The van der Waals surface area contributed by atoms with Crippen LogP contribution in [0, 0.1) is 12.8 Å². The highest BCUT2D eigenvalue weighted by molar-refractivity contribution is 6.06. The molecule has 29 heavy (non-hydrogen) atoms. The van der Waals surface area contributed by atoms with E-state index in [9.17, 15) is 0 Å². The molecule has 3 aromatic carbocycles. The molecular formula is C26H27NO2. The molecule has 4 aromatic rings. The van der Waals surface area contributed by atoms with Gasteiger partial charge in [-0.2, -0.15) is 0 Å². The van der Waals surface area contributed by atoms with E-state index < -0.39 is 0 Å². The van der Waals surface area contributed by atoms with Crippen LogP contribution in [0.4, 0.5) is 5.69 Å². The molecule has 5 rings (SSSR count). The predicted molar refractivity (Wildman–Crippen MR) is 119 cm³/mol. The van der Waals surface area contributed by atoms with Crippen molar-refractivity contribution < 1.29 is 9.15 Å². The number of para-hydroxylation sites is 1. The lowest BCUT2D eigenvalue weighted by molar-refractivity contribution is 0.0159. The minimum atomic E-state index is -0.0899. The highest BCUT2D eigenvalue weighted by atomic mass is 16.5. The van der Waals surface area contributed by atoms with E-state index >= 15 is 0 Å². The van der Waals surface area contributed by atoms with Crippen LogP contribution in [0.5, 0.6) is 0 Å². The molecule has 1 aromatic heterocycles. The molecule has 3 nitrogen and oxygen atoms in total. The van der Waals surface area contributed by atoms with Crippen molar-refractivity contribution in [1.82, 2.24) is 0 Å². The number of hydrogen-bond donors (Lipinski definition) is 0. The van der Waals surface area contributed by atoms with Crippen molar-refractivity contribution in [3.8, 4) is 0 Å². The van der Waals surface area contributed by atoms with Gasteiger partial charge in [-0.25, -0.2) is 0 Å². The smallest absolute Gasteiger partial charge is 0.157 e. The maximum absolute atomic E-state index is 6.63. The maximum Gasteiger partial charge on any atom is 0.157 e. The van der Waals surface area contributed by atoms with Crippen molar-refractivity contribution in [2.45, 2.75) is 46.1 Å². The molecule has 0 bridgehead atoms. The Morgan fingerprint density at radius 3 is 2.34 bits per heavy atom. The first kappa shape index (κ1) is 18.3. The summed E-state index contributed by atoms with van der Waals surface area (Å²) in [5.74, 6) is 0.444. The summed E-state index contributed by atoms with van der Waals surface area (Å²) >= 11 is 0. The first-order valence-electron chi connectivity index (χ1n) is 10.4. The van der Waals surface area contributed by atoms with Gasteiger partial charge in [-0.05, 0) is 43.5 Å². The normalized spacial score (nSPS) is 22.2. The van der Waals surface area contributed by atoms with Crippen LogP contribution < -0.4 is 4.90 Å². The van der Waals surface area contributed by atoms with Crippen LogP contribution in [-0.2, 0) is 4.74 Å². The van der Waals surface area contributed by atoms with E-state index in [4.69, 9.17) is 9.15 Å². The van der Waals surface area contributed by atoms with Crippen molar-refractivity contribution in [2.24, 2.45) is 5.92 Å². The third kappa shape index (κ3) is 2.92. The molecule has 0 spiro atoms. The molecule has 1 aliphatic heterocycles. The van der Waals surface area contributed by atoms with Crippen LogP contribution in [-0.4, -0.2) is 12.1 Å².